The fourth-order valence-electron chi connectivity index (χ4n) is 9.82. The first kappa shape index (κ1) is 49.1. The molecule has 382 valence electrons. The molecule has 1 atom stereocenters. The van der Waals surface area contributed by atoms with Crippen molar-refractivity contribution in [2.24, 2.45) is 17.4 Å². The number of fused-ring (bicyclic) bond motifs is 2. The van der Waals surface area contributed by atoms with Crippen molar-refractivity contribution in [2.75, 3.05) is 59.5 Å². The summed E-state index contributed by atoms with van der Waals surface area (Å²) in [6.07, 6.45) is 0.905. The number of aliphatic hydroxyl groups is 6. The van der Waals surface area contributed by atoms with Crippen LogP contribution in [0, 0.1) is 5.92 Å². The number of ether oxygens (including phenoxy) is 2. The fourth-order valence-corrected chi connectivity index (χ4v) is 9.82. The summed E-state index contributed by atoms with van der Waals surface area (Å²) in [5.41, 5.74) is 10.4. The van der Waals surface area contributed by atoms with Gasteiger partial charge in [-0.25, -0.2) is 9.36 Å². The lowest BCUT2D eigenvalue weighted by atomic mass is 9.96. The molecule has 0 aliphatic carbocycles. The highest BCUT2D eigenvalue weighted by Gasteiger charge is 2.50. The maximum atomic E-state index is 14.3. The largest absolute Gasteiger partial charge is 0.497 e. The molecule has 2 aromatic heterocycles. The van der Waals surface area contributed by atoms with Crippen LogP contribution in [0.1, 0.15) is 78.8 Å². The van der Waals surface area contributed by atoms with Crippen LogP contribution in [0.2, 0.25) is 0 Å². The quantitative estimate of drug-likeness (QED) is 0.0774. The summed E-state index contributed by atoms with van der Waals surface area (Å²) in [4.78, 5) is 84.5. The first-order valence-corrected chi connectivity index (χ1v) is 23.2. The van der Waals surface area contributed by atoms with E-state index in [1.807, 2.05) is 0 Å². The lowest BCUT2D eigenvalue weighted by Gasteiger charge is -2.36. The Bertz CT molecular complexity index is 3260. The number of carbonyl (C=O) groups is 6. The van der Waals surface area contributed by atoms with Gasteiger partial charge in [0.1, 0.15) is 22.9 Å². The summed E-state index contributed by atoms with van der Waals surface area (Å²) in [5, 5.41) is 74.0. The normalized spacial score (nSPS) is 19.0. The van der Waals surface area contributed by atoms with E-state index in [-0.39, 0.29) is 72.8 Å². The zero-order valence-electron chi connectivity index (χ0n) is 39.4. The average Bonchev–Trinajstić information content (AvgIpc) is 4.03. The van der Waals surface area contributed by atoms with Crippen LogP contribution in [0.3, 0.4) is 0 Å². The first-order valence-electron chi connectivity index (χ1n) is 23.2. The molecule has 0 radical (unpaired) electrons. The second kappa shape index (κ2) is 18.2. The van der Waals surface area contributed by atoms with E-state index in [1.54, 1.807) is 65.6 Å². The minimum Gasteiger partial charge on any atom is -0.497 e. The van der Waals surface area contributed by atoms with Gasteiger partial charge < -0.3 is 71.2 Å². The number of amides is 6. The van der Waals surface area contributed by atoms with Crippen molar-refractivity contribution in [1.29, 1.82) is 0 Å². The zero-order valence-corrected chi connectivity index (χ0v) is 39.4. The van der Waals surface area contributed by atoms with Crippen LogP contribution in [0.4, 0.5) is 22.7 Å². The summed E-state index contributed by atoms with van der Waals surface area (Å²) in [7, 11) is 1.48. The number of carbonyl (C=O) groups excluding carboxylic acids is 6. The molecule has 1 unspecified atom stereocenters. The van der Waals surface area contributed by atoms with E-state index < -0.39 is 82.5 Å². The third-order valence-electron chi connectivity index (χ3n) is 13.5. The minimum atomic E-state index is -2.80. The van der Waals surface area contributed by atoms with Crippen LogP contribution >= 0.6 is 0 Å². The lowest BCUT2D eigenvalue weighted by Crippen LogP contribution is -2.53. The van der Waals surface area contributed by atoms with Crippen molar-refractivity contribution in [3.63, 3.8) is 0 Å². The predicted octanol–water partition coefficient (Wildman–Crippen LogP) is 0.490. The van der Waals surface area contributed by atoms with E-state index >= 15 is 0 Å². The Labute approximate surface area is 419 Å². The van der Waals surface area contributed by atoms with Gasteiger partial charge in [0, 0.05) is 54.6 Å². The van der Waals surface area contributed by atoms with Crippen molar-refractivity contribution in [1.82, 2.24) is 19.6 Å². The van der Waals surface area contributed by atoms with Gasteiger partial charge in [-0.05, 0) is 110 Å². The molecule has 24 heteroatoms. The number of methoxy groups -OCH3 is 1. The van der Waals surface area contributed by atoms with Gasteiger partial charge in [-0.2, -0.15) is 10.2 Å². The topological polar surface area (TPSA) is 343 Å². The molecule has 6 heterocycles. The number of benzene rings is 4. The number of rotatable bonds is 12. The third kappa shape index (κ3) is 8.53. The monoisotopic (exact) mass is 1010 g/mol. The molecule has 4 aromatic carbocycles. The standard InChI is InChI=1S/C50H48N10O14/c1-73-34-16-12-32(13-17-34)59-41-37(39(53-59)43(51)62)50(71,72)26-58(45(41)64)31-10-6-29(7-11-31)56-23-27(3-20-36(56)61)24-74-35-18-14-33(15-19-35)60-42-38(40(54-60)44(52)63)49(69,70)25-57(46(42)65)30-8-4-28(5-9-30)55-22-2-21-48(67,68)47(55)66/h4-19,27,67-72H,2-3,20-26H2,1H3,(H2,51,62)(H2,52,63). The molecule has 10 rings (SSSR count). The third-order valence-corrected chi connectivity index (χ3v) is 13.5. The average molecular weight is 1010 g/mol. The van der Waals surface area contributed by atoms with Crippen LogP contribution in [-0.2, 0) is 21.2 Å². The Morgan fingerprint density at radius 2 is 1.01 bits per heavy atom. The zero-order chi connectivity index (χ0) is 52.6. The van der Waals surface area contributed by atoms with Crippen LogP contribution in [0.15, 0.2) is 97.1 Å². The molecule has 6 aromatic rings. The molecule has 2 saturated heterocycles. The number of aromatic nitrogens is 4. The summed E-state index contributed by atoms with van der Waals surface area (Å²) in [6, 6.07) is 24.8. The van der Waals surface area contributed by atoms with Crippen molar-refractivity contribution in [3.05, 3.63) is 131 Å². The maximum Gasteiger partial charge on any atom is 0.286 e. The van der Waals surface area contributed by atoms with E-state index in [0.717, 1.165) is 19.2 Å². The van der Waals surface area contributed by atoms with Crippen LogP contribution in [0.25, 0.3) is 11.4 Å². The SMILES string of the molecule is COc1ccc(-n2nc(C(N)=O)c3c2C(=O)N(c2ccc(N4CC(COc5ccc(-n6nc(C(N)=O)c7c6C(=O)N(c6ccc(N8CCCC(O)(O)C8=O)cc6)CC7(O)O)cc5)CCC4=O)cc2)CC3(O)O)cc1. The van der Waals surface area contributed by atoms with E-state index in [0.29, 0.717) is 41.4 Å². The predicted molar refractivity (Wildman–Crippen MR) is 259 cm³/mol. The van der Waals surface area contributed by atoms with Crippen molar-refractivity contribution in [2.45, 2.75) is 43.0 Å². The molecule has 10 N–H and O–H groups in total. The van der Waals surface area contributed by atoms with E-state index in [1.165, 1.54) is 48.4 Å². The Kier molecular flexibility index (Phi) is 12.1. The van der Waals surface area contributed by atoms with Gasteiger partial charge in [0.2, 0.25) is 23.3 Å². The Morgan fingerprint density at radius 3 is 1.46 bits per heavy atom. The number of nitrogens with two attached hydrogens (primary N) is 2. The highest BCUT2D eigenvalue weighted by Crippen LogP contribution is 2.40. The Morgan fingerprint density at radius 1 is 0.595 bits per heavy atom. The van der Waals surface area contributed by atoms with Gasteiger partial charge in [0.15, 0.2) is 11.4 Å². The van der Waals surface area contributed by atoms with Gasteiger partial charge >= 0.3 is 0 Å². The highest BCUT2D eigenvalue weighted by atomic mass is 16.5. The first-order chi connectivity index (χ1) is 35.2. The molecule has 6 amide bonds. The Hall–Kier alpha value is -8.52. The number of hydrogen-bond donors (Lipinski definition) is 8. The van der Waals surface area contributed by atoms with E-state index in [4.69, 9.17) is 20.9 Å². The molecule has 0 bridgehead atoms. The number of nitrogens with zero attached hydrogens (tertiary/aromatic N) is 8. The molecule has 74 heavy (non-hydrogen) atoms. The Balaban J connectivity index is 0.831. The lowest BCUT2D eigenvalue weighted by molar-refractivity contribution is -0.188. The van der Waals surface area contributed by atoms with Gasteiger partial charge in [-0.3, -0.25) is 28.8 Å². The minimum absolute atomic E-state index is 0.122. The van der Waals surface area contributed by atoms with Crippen LogP contribution < -0.4 is 40.5 Å². The smallest absolute Gasteiger partial charge is 0.286 e. The van der Waals surface area contributed by atoms with Crippen molar-refractivity contribution >= 4 is 58.2 Å². The summed E-state index contributed by atoms with van der Waals surface area (Å²) in [5.74, 6) is -12.0. The summed E-state index contributed by atoms with van der Waals surface area (Å²) in [6.45, 7) is -0.725. The molecular formula is C50H48N10O14. The number of anilines is 4. The molecule has 4 aliphatic rings. The fraction of sp³-hybridized carbons (Fsp3) is 0.280. The molecule has 24 nitrogen and oxygen atoms in total. The van der Waals surface area contributed by atoms with E-state index in [9.17, 15) is 59.4 Å². The highest BCUT2D eigenvalue weighted by molar-refractivity contribution is 6.11. The van der Waals surface area contributed by atoms with Crippen molar-refractivity contribution < 1.29 is 68.9 Å². The van der Waals surface area contributed by atoms with Gasteiger partial charge in [0.25, 0.3) is 29.5 Å². The molecular weight excluding hydrogens is 965 g/mol. The second-order valence-electron chi connectivity index (χ2n) is 18.4. The van der Waals surface area contributed by atoms with E-state index in [2.05, 4.69) is 10.2 Å². The molecule has 0 spiro atoms. The summed E-state index contributed by atoms with van der Waals surface area (Å²) < 4.78 is 13.6. The second-order valence-corrected chi connectivity index (χ2v) is 18.4. The van der Waals surface area contributed by atoms with Crippen LogP contribution in [0.5, 0.6) is 11.5 Å². The van der Waals surface area contributed by atoms with Gasteiger partial charge in [0.05, 0.1) is 49.3 Å². The number of piperidine rings is 2. The van der Waals surface area contributed by atoms with Gasteiger partial charge in [-0.1, -0.05) is 0 Å². The molecule has 4 aliphatic heterocycles. The molecule has 0 saturated carbocycles. The maximum absolute atomic E-state index is 14.3. The summed E-state index contributed by atoms with van der Waals surface area (Å²) >= 11 is 0. The number of primary amides is 2. The number of β-amino-alcohol motifs (C(OH)–C–C–N with tert-alkyl or cyclic N) is 4. The van der Waals surface area contributed by atoms with Gasteiger partial charge in [-0.15, -0.1) is 0 Å². The van der Waals surface area contributed by atoms with Crippen molar-refractivity contribution in [3.8, 4) is 22.9 Å². The number of hydrogen-bond acceptors (Lipinski definition) is 16. The van der Waals surface area contributed by atoms with Crippen LogP contribution in [-0.4, -0.2) is 131 Å². The molecule has 2 fully saturated rings.